The third-order valence-corrected chi connectivity index (χ3v) is 7.14. The number of ether oxygens (including phenoxy) is 1. The van der Waals surface area contributed by atoms with Crippen LogP contribution in [0.2, 0.25) is 0 Å². The average Bonchev–Trinajstić information content (AvgIpc) is 2.99. The molecule has 1 aromatic carbocycles. The highest BCUT2D eigenvalue weighted by atomic mass is 32.2. The lowest BCUT2D eigenvalue weighted by Gasteiger charge is -2.45. The van der Waals surface area contributed by atoms with Crippen LogP contribution in [0.25, 0.3) is 0 Å². The fourth-order valence-electron chi connectivity index (χ4n) is 3.76. The number of sulfonamides is 1. The molecule has 0 saturated carbocycles. The Morgan fingerprint density at radius 2 is 2.00 bits per heavy atom. The quantitative estimate of drug-likeness (QED) is 0.774. The molecule has 2 aliphatic rings. The molecule has 2 aliphatic heterocycles. The topological polar surface area (TPSA) is 106 Å². The Morgan fingerprint density at radius 1 is 1.29 bits per heavy atom. The molecular weight excluding hydrogens is 382 g/mol. The normalized spacial score (nSPS) is 19.8. The number of hydrogen-bond acceptors (Lipinski definition) is 6. The van der Waals surface area contributed by atoms with Crippen LogP contribution >= 0.6 is 0 Å². The number of aryl methyl sites for hydroxylation is 1. The van der Waals surface area contributed by atoms with Crippen LogP contribution in [0.1, 0.15) is 28.9 Å². The van der Waals surface area contributed by atoms with Crippen LogP contribution in [0, 0.1) is 6.92 Å². The Hall–Kier alpha value is -2.59. The van der Waals surface area contributed by atoms with E-state index >= 15 is 0 Å². The van der Waals surface area contributed by atoms with Crippen molar-refractivity contribution in [3.05, 3.63) is 35.7 Å². The van der Waals surface area contributed by atoms with Crippen LogP contribution in [0.4, 0.5) is 5.69 Å². The average molecular weight is 405 g/mol. The smallest absolute Gasteiger partial charge is 0.257 e. The van der Waals surface area contributed by atoms with Crippen LogP contribution < -0.4 is 14.8 Å². The number of methoxy groups -OCH3 is 1. The SMILES string of the molecule is COc1ccc2c(c1)NC1(CCN(C(=O)c3cnn(C)c3C)CC1)NS2(=O)=O. The number of nitrogens with one attached hydrogen (secondary N) is 2. The molecule has 9 nitrogen and oxygen atoms in total. The zero-order valence-corrected chi connectivity index (χ0v) is 16.8. The van der Waals surface area contributed by atoms with Gasteiger partial charge in [0, 0.05) is 44.7 Å². The molecule has 3 heterocycles. The highest BCUT2D eigenvalue weighted by Crippen LogP contribution is 2.37. The second-order valence-corrected chi connectivity index (χ2v) is 8.88. The first-order chi connectivity index (χ1) is 13.2. The van der Waals surface area contributed by atoms with Gasteiger partial charge in [-0.2, -0.15) is 9.82 Å². The van der Waals surface area contributed by atoms with Crippen LogP contribution in [0.5, 0.6) is 5.75 Å². The Kier molecular flexibility index (Phi) is 4.35. The van der Waals surface area contributed by atoms with E-state index in [-0.39, 0.29) is 10.8 Å². The second-order valence-electron chi connectivity index (χ2n) is 7.23. The summed E-state index contributed by atoms with van der Waals surface area (Å²) in [5, 5.41) is 7.46. The molecule has 0 atom stereocenters. The third-order valence-electron chi connectivity index (χ3n) is 5.55. The Bertz CT molecular complexity index is 1040. The predicted molar refractivity (Wildman–Crippen MR) is 103 cm³/mol. The van der Waals surface area contributed by atoms with E-state index in [1.165, 1.54) is 13.2 Å². The molecule has 4 rings (SSSR count). The molecule has 0 bridgehead atoms. The Morgan fingerprint density at radius 3 is 2.61 bits per heavy atom. The molecule has 0 radical (unpaired) electrons. The molecule has 1 aromatic heterocycles. The first kappa shape index (κ1) is 18.8. The number of anilines is 1. The van der Waals surface area contributed by atoms with E-state index < -0.39 is 15.7 Å². The summed E-state index contributed by atoms with van der Waals surface area (Å²) >= 11 is 0. The standard InChI is InChI=1S/C18H23N5O4S/c1-12-14(11-19-22(12)2)17(24)23-8-6-18(7-9-23)20-15-10-13(27-3)4-5-16(15)28(25,26)21-18/h4-5,10-11,20-21H,6-9H2,1-3H3. The van der Waals surface area contributed by atoms with Crippen molar-refractivity contribution in [2.45, 2.75) is 30.3 Å². The zero-order valence-electron chi connectivity index (χ0n) is 16.0. The van der Waals surface area contributed by atoms with Crippen molar-refractivity contribution in [3.8, 4) is 5.75 Å². The summed E-state index contributed by atoms with van der Waals surface area (Å²) in [6.45, 7) is 2.72. The van der Waals surface area contributed by atoms with Crippen molar-refractivity contribution in [1.82, 2.24) is 19.4 Å². The van der Waals surface area contributed by atoms with Crippen LogP contribution in [-0.2, 0) is 17.1 Å². The number of amides is 1. The van der Waals surface area contributed by atoms with E-state index in [0.29, 0.717) is 42.9 Å². The monoisotopic (exact) mass is 405 g/mol. The van der Waals surface area contributed by atoms with Gasteiger partial charge in [0.25, 0.3) is 5.91 Å². The molecule has 1 spiro atoms. The molecule has 10 heteroatoms. The van der Waals surface area contributed by atoms with Gasteiger partial charge in [-0.25, -0.2) is 8.42 Å². The molecule has 150 valence electrons. The van der Waals surface area contributed by atoms with Crippen LogP contribution in [0.3, 0.4) is 0 Å². The number of benzene rings is 1. The summed E-state index contributed by atoms with van der Waals surface area (Å²) < 4.78 is 35.2. The molecule has 2 aromatic rings. The van der Waals surface area contributed by atoms with E-state index in [1.807, 2.05) is 6.92 Å². The van der Waals surface area contributed by atoms with Crippen LogP contribution in [0.15, 0.2) is 29.3 Å². The summed E-state index contributed by atoms with van der Waals surface area (Å²) in [6, 6.07) is 4.83. The van der Waals surface area contributed by atoms with Crippen molar-refractivity contribution in [1.29, 1.82) is 0 Å². The summed E-state index contributed by atoms with van der Waals surface area (Å²) in [4.78, 5) is 14.8. The Labute approximate surface area is 163 Å². The number of aromatic nitrogens is 2. The lowest BCUT2D eigenvalue weighted by Crippen LogP contribution is -2.62. The Balaban J connectivity index is 1.55. The fourth-order valence-corrected chi connectivity index (χ4v) is 5.29. The molecule has 0 unspecified atom stereocenters. The van der Waals surface area contributed by atoms with E-state index in [4.69, 9.17) is 4.74 Å². The van der Waals surface area contributed by atoms with Gasteiger partial charge in [-0.3, -0.25) is 9.48 Å². The summed E-state index contributed by atoms with van der Waals surface area (Å²) in [6.07, 6.45) is 2.48. The maximum Gasteiger partial charge on any atom is 0.257 e. The van der Waals surface area contributed by atoms with Gasteiger partial charge in [0.15, 0.2) is 0 Å². The number of hydrogen-bond donors (Lipinski definition) is 2. The molecule has 1 saturated heterocycles. The van der Waals surface area contributed by atoms with Gasteiger partial charge in [-0.1, -0.05) is 0 Å². The minimum Gasteiger partial charge on any atom is -0.497 e. The first-order valence-corrected chi connectivity index (χ1v) is 10.5. The highest BCUT2D eigenvalue weighted by Gasteiger charge is 2.44. The van der Waals surface area contributed by atoms with E-state index in [1.54, 1.807) is 35.0 Å². The summed E-state index contributed by atoms with van der Waals surface area (Å²) in [7, 11) is -0.318. The number of fused-ring (bicyclic) bond motifs is 1. The number of nitrogens with zero attached hydrogens (tertiary/aromatic N) is 3. The molecule has 0 aliphatic carbocycles. The minimum atomic E-state index is -3.65. The number of carbonyl (C=O) groups is 1. The molecule has 1 fully saturated rings. The maximum absolute atomic E-state index is 12.8. The summed E-state index contributed by atoms with van der Waals surface area (Å²) in [5.74, 6) is 0.499. The predicted octanol–water partition coefficient (Wildman–Crippen LogP) is 1.07. The summed E-state index contributed by atoms with van der Waals surface area (Å²) in [5.41, 5.74) is 1.08. The van der Waals surface area contributed by atoms with Gasteiger partial charge >= 0.3 is 0 Å². The van der Waals surface area contributed by atoms with E-state index in [2.05, 4.69) is 15.1 Å². The minimum absolute atomic E-state index is 0.0822. The zero-order chi connectivity index (χ0) is 20.1. The van der Waals surface area contributed by atoms with Gasteiger partial charge in [0.1, 0.15) is 16.3 Å². The molecule has 1 amide bonds. The number of rotatable bonds is 2. The first-order valence-electron chi connectivity index (χ1n) is 9.03. The van der Waals surface area contributed by atoms with Gasteiger partial charge in [-0.15, -0.1) is 0 Å². The van der Waals surface area contributed by atoms with E-state index in [0.717, 1.165) is 5.69 Å². The van der Waals surface area contributed by atoms with Crippen LogP contribution in [-0.4, -0.2) is 54.9 Å². The van der Waals surface area contributed by atoms with Crippen molar-refractivity contribution in [3.63, 3.8) is 0 Å². The van der Waals surface area contributed by atoms with Crippen molar-refractivity contribution >= 4 is 21.6 Å². The fraction of sp³-hybridized carbons (Fsp3) is 0.444. The van der Waals surface area contributed by atoms with Gasteiger partial charge in [-0.05, 0) is 19.1 Å². The lowest BCUT2D eigenvalue weighted by molar-refractivity contribution is 0.0675. The third kappa shape index (κ3) is 3.02. The number of piperidine rings is 1. The van der Waals surface area contributed by atoms with Gasteiger partial charge in [0.05, 0.1) is 24.6 Å². The molecular formula is C18H23N5O4S. The molecule has 28 heavy (non-hydrogen) atoms. The van der Waals surface area contributed by atoms with Crippen molar-refractivity contribution < 1.29 is 17.9 Å². The van der Waals surface area contributed by atoms with Gasteiger partial charge < -0.3 is 15.0 Å². The maximum atomic E-state index is 12.8. The second kappa shape index (κ2) is 6.49. The van der Waals surface area contributed by atoms with Crippen molar-refractivity contribution in [2.75, 3.05) is 25.5 Å². The highest BCUT2D eigenvalue weighted by molar-refractivity contribution is 7.89. The van der Waals surface area contributed by atoms with Crippen molar-refractivity contribution in [2.24, 2.45) is 7.05 Å². The number of likely N-dealkylation sites (tertiary alicyclic amines) is 1. The molecule has 2 N–H and O–H groups in total. The number of carbonyl (C=O) groups excluding carboxylic acids is 1. The van der Waals surface area contributed by atoms with Gasteiger partial charge in [0.2, 0.25) is 10.0 Å². The largest absolute Gasteiger partial charge is 0.497 e. The lowest BCUT2D eigenvalue weighted by atomic mass is 9.96. The van der Waals surface area contributed by atoms with E-state index in [9.17, 15) is 13.2 Å².